The van der Waals surface area contributed by atoms with Crippen LogP contribution >= 0.6 is 0 Å². The average Bonchev–Trinajstić information content (AvgIpc) is 4.16. The van der Waals surface area contributed by atoms with Crippen molar-refractivity contribution in [2.45, 2.75) is 33.1 Å². The molecule has 0 aliphatic heterocycles. The summed E-state index contributed by atoms with van der Waals surface area (Å²) in [5.41, 5.74) is 3.90. The molecule has 4 amide bonds. The molecule has 25 heteroatoms. The number of aryl methyl sites for hydroxylation is 1. The molecule has 0 unspecified atom stereocenters. The molecule has 10 rings (SSSR count). The first-order valence-electron chi connectivity index (χ1n) is 21.3. The zero-order chi connectivity index (χ0) is 50.6. The number of halogens is 2. The number of carbonyl (C=O) groups is 5. The van der Waals surface area contributed by atoms with Crippen LogP contribution in [-0.2, 0) is 26.2 Å². The molecule has 3 aromatic carbocycles. The van der Waals surface area contributed by atoms with Crippen molar-refractivity contribution in [3.05, 3.63) is 193 Å². The maximum Gasteiger partial charge on any atom is 0.417 e. The van der Waals surface area contributed by atoms with Crippen LogP contribution in [0.2, 0.25) is 0 Å². The largest absolute Gasteiger partial charge is 0.478 e. The van der Waals surface area contributed by atoms with Gasteiger partial charge in [-0.1, -0.05) is 30.3 Å². The van der Waals surface area contributed by atoms with Crippen molar-refractivity contribution in [3.63, 3.8) is 0 Å². The minimum atomic E-state index is -1.05. The minimum Gasteiger partial charge on any atom is -0.478 e. The molecule has 0 saturated heterocycles. The summed E-state index contributed by atoms with van der Waals surface area (Å²) in [6, 6.07) is 22.2. The number of carboxylic acids is 1. The summed E-state index contributed by atoms with van der Waals surface area (Å²) in [4.78, 5) is 103. The van der Waals surface area contributed by atoms with Gasteiger partial charge < -0.3 is 35.2 Å². The number of amides is 4. The van der Waals surface area contributed by atoms with E-state index in [0.29, 0.717) is 50.1 Å². The third kappa shape index (κ3) is 10.1. The van der Waals surface area contributed by atoms with Crippen molar-refractivity contribution in [1.29, 1.82) is 0 Å². The highest BCUT2D eigenvalue weighted by Gasteiger charge is 2.22. The van der Waals surface area contributed by atoms with Crippen molar-refractivity contribution < 1.29 is 46.7 Å². The number of carbonyl (C=O) groups excluding carboxylic acids is 4. The molecule has 0 bridgehead atoms. The first-order valence-corrected chi connectivity index (χ1v) is 21.3. The van der Waals surface area contributed by atoms with Gasteiger partial charge in [0.05, 0.1) is 41.2 Å². The van der Waals surface area contributed by atoms with E-state index in [2.05, 4.69) is 56.4 Å². The fourth-order valence-corrected chi connectivity index (χ4v) is 7.31. The van der Waals surface area contributed by atoms with E-state index in [0.717, 1.165) is 21.4 Å². The zero-order valence-corrected chi connectivity index (χ0v) is 37.2. The van der Waals surface area contributed by atoms with Crippen molar-refractivity contribution >= 4 is 63.1 Å². The first kappa shape index (κ1) is 46.9. The Hall–Kier alpha value is -10.2. The fourth-order valence-electron chi connectivity index (χ4n) is 7.31. The number of carboxylic acid groups (broad SMARTS) is 1. The molecule has 0 atom stereocenters. The Morgan fingerprint density at radius 2 is 1.08 bits per heavy atom. The van der Waals surface area contributed by atoms with Crippen molar-refractivity contribution in [2.75, 3.05) is 0 Å². The number of aromatic nitrogens is 9. The van der Waals surface area contributed by atoms with Gasteiger partial charge in [-0.25, -0.2) is 42.2 Å². The van der Waals surface area contributed by atoms with Gasteiger partial charge in [0.25, 0.3) is 23.6 Å². The van der Waals surface area contributed by atoms with E-state index in [-0.39, 0.29) is 65.8 Å². The Kier molecular flexibility index (Phi) is 12.9. The van der Waals surface area contributed by atoms with Gasteiger partial charge in [0, 0.05) is 38.0 Å². The number of fused-ring (bicyclic) bond motifs is 4. The summed E-state index contributed by atoms with van der Waals surface area (Å²) in [5.74, 6) is -6.34. The molecule has 362 valence electrons. The summed E-state index contributed by atoms with van der Waals surface area (Å²) < 4.78 is 40.5. The molecular formula is C47H35F2N13O10. The highest BCUT2D eigenvalue weighted by molar-refractivity contribution is 5.99. The van der Waals surface area contributed by atoms with Gasteiger partial charge in [0.1, 0.15) is 22.8 Å². The van der Waals surface area contributed by atoms with E-state index in [9.17, 15) is 47.4 Å². The Morgan fingerprint density at radius 3 is 1.56 bits per heavy atom. The van der Waals surface area contributed by atoms with Crippen LogP contribution in [0, 0.1) is 18.6 Å². The zero-order valence-electron chi connectivity index (χ0n) is 37.2. The maximum atomic E-state index is 14.3. The van der Waals surface area contributed by atoms with Gasteiger partial charge in [-0.3, -0.25) is 34.1 Å². The number of aromatic carboxylic acids is 1. The van der Waals surface area contributed by atoms with E-state index in [1.54, 1.807) is 79.9 Å². The standard InChI is InChI=1S/C25H19FN6O6.C22H16FN7O4/c1-12-6-13(2-4-15(12)24(35)36)9-28-23(34)19-8-18(30-21-16(26)11-29-32(19)21)22(33)27-10-14-3-5-20-17(7-14)31-25(37)38-20;23-14-11-27-30-17(21(32)26-10-13-3-1-2-6-24-13)8-16(28-19(14)30)20(31)25-9-12-4-5-18-15(7-12)29-22(33)34-18/h2-8,11H,9-10H2,1H3,(H,27,33)(H,28,34)(H,31,37)(H,35,36);1-8,11H,9-10H2,(H,25,31)(H,26,32)(H,29,33). The highest BCUT2D eigenvalue weighted by Crippen LogP contribution is 2.18. The monoisotopic (exact) mass is 979 g/mol. The first-order chi connectivity index (χ1) is 34.7. The second-order valence-corrected chi connectivity index (χ2v) is 15.7. The van der Waals surface area contributed by atoms with Gasteiger partial charge in [-0.2, -0.15) is 10.2 Å². The Balaban J connectivity index is 0.000000179. The van der Waals surface area contributed by atoms with Gasteiger partial charge in [-0.05, 0) is 71.6 Å². The Labute approximate surface area is 399 Å². The van der Waals surface area contributed by atoms with E-state index in [1.165, 1.54) is 18.2 Å². The number of nitrogens with zero attached hydrogens (tertiary/aromatic N) is 7. The number of H-pyrrole nitrogens is 2. The van der Waals surface area contributed by atoms with E-state index in [1.807, 2.05) is 0 Å². The van der Waals surface area contributed by atoms with Crippen molar-refractivity contribution in [3.8, 4) is 0 Å². The lowest BCUT2D eigenvalue weighted by molar-refractivity contribution is 0.0694. The average molecular weight is 980 g/mol. The molecule has 72 heavy (non-hydrogen) atoms. The molecule has 7 N–H and O–H groups in total. The highest BCUT2D eigenvalue weighted by atomic mass is 19.1. The molecular weight excluding hydrogens is 945 g/mol. The van der Waals surface area contributed by atoms with Crippen LogP contribution in [0.4, 0.5) is 8.78 Å². The molecule has 0 spiro atoms. The van der Waals surface area contributed by atoms with Crippen LogP contribution in [0.15, 0.2) is 122 Å². The number of hydrogen-bond donors (Lipinski definition) is 7. The van der Waals surface area contributed by atoms with Crippen LogP contribution in [-0.4, -0.2) is 78.9 Å². The predicted octanol–water partition coefficient (Wildman–Crippen LogP) is 3.73. The lowest BCUT2D eigenvalue weighted by atomic mass is 10.1. The van der Waals surface area contributed by atoms with Crippen LogP contribution in [0.1, 0.15) is 80.3 Å². The quantitative estimate of drug-likeness (QED) is 0.0866. The second-order valence-electron chi connectivity index (χ2n) is 15.7. The van der Waals surface area contributed by atoms with E-state index < -0.39 is 52.7 Å². The van der Waals surface area contributed by atoms with Gasteiger partial charge in [0.15, 0.2) is 34.1 Å². The topological polar surface area (TPSA) is 319 Å². The summed E-state index contributed by atoms with van der Waals surface area (Å²) in [6.45, 7) is 1.98. The van der Waals surface area contributed by atoms with Gasteiger partial charge in [-0.15, -0.1) is 0 Å². The molecule has 7 aromatic heterocycles. The van der Waals surface area contributed by atoms with E-state index >= 15 is 0 Å². The number of aromatic amines is 2. The van der Waals surface area contributed by atoms with Crippen molar-refractivity contribution in [2.24, 2.45) is 0 Å². The second kappa shape index (κ2) is 19.8. The number of benzene rings is 3. The fraction of sp³-hybridized carbons (Fsp3) is 0.106. The van der Waals surface area contributed by atoms with Crippen LogP contribution in [0.5, 0.6) is 0 Å². The van der Waals surface area contributed by atoms with Crippen LogP contribution < -0.4 is 32.8 Å². The lowest BCUT2D eigenvalue weighted by Gasteiger charge is -2.10. The van der Waals surface area contributed by atoms with Gasteiger partial charge >= 0.3 is 17.5 Å². The summed E-state index contributed by atoms with van der Waals surface area (Å²) in [5, 5.41) is 27.5. The molecule has 0 radical (unpaired) electrons. The summed E-state index contributed by atoms with van der Waals surface area (Å²) in [6.07, 6.45) is 3.40. The predicted molar refractivity (Wildman–Crippen MR) is 247 cm³/mol. The number of rotatable bonds is 13. The molecule has 0 fully saturated rings. The smallest absolute Gasteiger partial charge is 0.417 e. The molecule has 0 saturated carbocycles. The Bertz CT molecular complexity index is 3900. The number of pyridine rings is 1. The minimum absolute atomic E-state index is 0.0489. The molecule has 23 nitrogen and oxygen atoms in total. The Morgan fingerprint density at radius 1 is 0.611 bits per heavy atom. The molecule has 10 aromatic rings. The van der Waals surface area contributed by atoms with Crippen molar-refractivity contribution in [1.82, 2.24) is 65.4 Å². The number of nitrogens with one attached hydrogen (secondary N) is 6. The number of oxazole rings is 2. The third-order valence-electron chi connectivity index (χ3n) is 10.8. The van der Waals surface area contributed by atoms with E-state index in [4.69, 9.17) is 8.83 Å². The summed E-state index contributed by atoms with van der Waals surface area (Å²) in [7, 11) is 0. The molecule has 0 aliphatic rings. The SMILES string of the molecule is Cc1cc(CNC(=O)c2cc(C(=O)NCc3ccc4oc(=O)[nH]c4c3)nc3c(F)cnn23)ccc1C(=O)O.O=C(NCc1ccc2oc(=O)[nH]c2c1)c1cc(C(=O)NCc2ccccn2)n2ncc(F)c2n1. The lowest BCUT2D eigenvalue weighted by Crippen LogP contribution is -2.28. The van der Waals surface area contributed by atoms with Crippen LogP contribution in [0.3, 0.4) is 0 Å². The normalized spacial score (nSPS) is 11.1. The summed E-state index contributed by atoms with van der Waals surface area (Å²) >= 11 is 0. The van der Waals surface area contributed by atoms with Gasteiger partial charge in [0.2, 0.25) is 0 Å². The maximum absolute atomic E-state index is 14.3. The third-order valence-corrected chi connectivity index (χ3v) is 10.8. The molecule has 7 heterocycles. The van der Waals surface area contributed by atoms with Crippen LogP contribution in [0.25, 0.3) is 33.5 Å². The molecule has 0 aliphatic carbocycles. The number of hydrogen-bond acceptors (Lipinski definition) is 14.